The first-order valence-electron chi connectivity index (χ1n) is 6.86. The zero-order valence-electron chi connectivity index (χ0n) is 12.1. The van der Waals surface area contributed by atoms with E-state index in [0.717, 1.165) is 12.1 Å². The van der Waals surface area contributed by atoms with E-state index in [2.05, 4.69) is 5.32 Å². The fourth-order valence-corrected chi connectivity index (χ4v) is 2.23. The third kappa shape index (κ3) is 2.82. The van der Waals surface area contributed by atoms with E-state index in [1.165, 1.54) is 12.1 Å². The Morgan fingerprint density at radius 1 is 1.04 bits per heavy atom. The summed E-state index contributed by atoms with van der Waals surface area (Å²) in [5.74, 6) is -2.66. The minimum atomic E-state index is -1.29. The maximum absolute atomic E-state index is 12.2. The maximum atomic E-state index is 12.2. The van der Waals surface area contributed by atoms with Crippen LogP contribution in [-0.2, 0) is 0 Å². The number of fused-ring (bicyclic) bond motifs is 1. The molecule has 1 aromatic heterocycles. The zero-order valence-corrected chi connectivity index (χ0v) is 12.1. The van der Waals surface area contributed by atoms with Gasteiger partial charge in [-0.05, 0) is 29.7 Å². The first kappa shape index (κ1) is 15.3. The highest BCUT2D eigenvalue weighted by Gasteiger charge is 2.14. The monoisotopic (exact) mass is 325 g/mol. The molecule has 0 bridgehead atoms. The second-order valence-corrected chi connectivity index (χ2v) is 4.98. The lowest BCUT2D eigenvalue weighted by Crippen LogP contribution is -2.15. The van der Waals surface area contributed by atoms with Gasteiger partial charge in [0.05, 0.1) is 5.39 Å². The molecule has 3 rings (SSSR count). The molecule has 0 atom stereocenters. The number of aromatic carboxylic acids is 1. The molecule has 2 aromatic carbocycles. The molecule has 0 saturated carbocycles. The normalized spacial score (nSPS) is 10.5. The number of carboxylic acids is 1. The van der Waals surface area contributed by atoms with Gasteiger partial charge in [0, 0.05) is 11.8 Å². The molecule has 0 spiro atoms. The first-order chi connectivity index (χ1) is 11.5. The van der Waals surface area contributed by atoms with Crippen molar-refractivity contribution in [1.29, 1.82) is 0 Å². The highest BCUT2D eigenvalue weighted by atomic mass is 16.4. The molecular weight excluding hydrogens is 314 g/mol. The second kappa shape index (κ2) is 5.88. The van der Waals surface area contributed by atoms with Crippen LogP contribution < -0.4 is 10.9 Å². The number of nitrogens with one attached hydrogen (secondary N) is 1. The van der Waals surface area contributed by atoms with Crippen LogP contribution in [0.2, 0.25) is 0 Å². The van der Waals surface area contributed by atoms with Gasteiger partial charge in [-0.2, -0.15) is 0 Å². The van der Waals surface area contributed by atoms with Crippen LogP contribution in [0, 0.1) is 0 Å². The van der Waals surface area contributed by atoms with Crippen LogP contribution in [0.5, 0.6) is 5.75 Å². The summed E-state index contributed by atoms with van der Waals surface area (Å²) in [5.41, 5.74) is -0.758. The molecule has 0 fully saturated rings. The number of benzene rings is 2. The smallest absolute Gasteiger partial charge is 0.344 e. The lowest BCUT2D eigenvalue weighted by Gasteiger charge is -2.07. The minimum Gasteiger partial charge on any atom is -0.507 e. The van der Waals surface area contributed by atoms with E-state index in [1.807, 2.05) is 0 Å². The van der Waals surface area contributed by atoms with Crippen molar-refractivity contribution in [2.75, 3.05) is 5.32 Å². The number of rotatable bonds is 3. The van der Waals surface area contributed by atoms with E-state index in [-0.39, 0.29) is 17.0 Å². The summed E-state index contributed by atoms with van der Waals surface area (Å²) in [4.78, 5) is 34.9. The molecule has 1 heterocycles. The summed E-state index contributed by atoms with van der Waals surface area (Å²) in [7, 11) is 0. The molecule has 7 nitrogen and oxygen atoms in total. The number of carbonyl (C=O) groups excluding carboxylic acids is 1. The van der Waals surface area contributed by atoms with Crippen molar-refractivity contribution < 1.29 is 24.2 Å². The van der Waals surface area contributed by atoms with Gasteiger partial charge in [0.1, 0.15) is 11.3 Å². The van der Waals surface area contributed by atoms with E-state index < -0.39 is 23.3 Å². The number of phenols is 1. The second-order valence-electron chi connectivity index (χ2n) is 4.98. The van der Waals surface area contributed by atoms with Gasteiger partial charge < -0.3 is 19.9 Å². The van der Waals surface area contributed by atoms with Crippen LogP contribution in [0.1, 0.15) is 20.9 Å². The van der Waals surface area contributed by atoms with E-state index >= 15 is 0 Å². The van der Waals surface area contributed by atoms with Gasteiger partial charge >= 0.3 is 11.6 Å². The molecule has 0 aliphatic rings. The van der Waals surface area contributed by atoms with Crippen molar-refractivity contribution in [3.8, 4) is 5.75 Å². The fraction of sp³-hybridized carbons (Fsp3) is 0. The molecular formula is C17H11NO6. The minimum absolute atomic E-state index is 0.165. The number of hydrogen-bond acceptors (Lipinski definition) is 5. The van der Waals surface area contributed by atoms with Crippen LogP contribution in [0.25, 0.3) is 10.8 Å². The molecule has 1 amide bonds. The largest absolute Gasteiger partial charge is 0.507 e. The topological polar surface area (TPSA) is 117 Å². The van der Waals surface area contributed by atoms with Crippen LogP contribution >= 0.6 is 0 Å². The highest BCUT2D eigenvalue weighted by molar-refractivity contribution is 6.04. The molecule has 7 heteroatoms. The predicted molar refractivity (Wildman–Crippen MR) is 85.5 cm³/mol. The summed E-state index contributed by atoms with van der Waals surface area (Å²) in [6.07, 6.45) is 0. The molecule has 0 aliphatic heterocycles. The van der Waals surface area contributed by atoms with Crippen molar-refractivity contribution >= 4 is 28.3 Å². The number of aromatic hydroxyl groups is 1. The predicted octanol–water partition coefficient (Wildman–Crippen LogP) is 2.45. The van der Waals surface area contributed by atoms with Crippen LogP contribution in [0.4, 0.5) is 5.69 Å². The molecule has 120 valence electrons. The van der Waals surface area contributed by atoms with Crippen molar-refractivity contribution in [3.63, 3.8) is 0 Å². The Balaban J connectivity index is 1.91. The van der Waals surface area contributed by atoms with Crippen LogP contribution in [0.15, 0.2) is 57.7 Å². The molecule has 3 aromatic rings. The quantitative estimate of drug-likeness (QED) is 0.681. The zero-order chi connectivity index (χ0) is 17.3. The fourth-order valence-electron chi connectivity index (χ4n) is 2.23. The number of anilines is 1. The van der Waals surface area contributed by atoms with Gasteiger partial charge in [-0.15, -0.1) is 0 Å². The molecule has 3 N–H and O–H groups in total. The van der Waals surface area contributed by atoms with Gasteiger partial charge in [-0.3, -0.25) is 4.79 Å². The van der Waals surface area contributed by atoms with E-state index in [0.29, 0.717) is 10.8 Å². The third-order valence-corrected chi connectivity index (χ3v) is 3.38. The molecule has 24 heavy (non-hydrogen) atoms. The van der Waals surface area contributed by atoms with Crippen molar-refractivity contribution in [1.82, 2.24) is 0 Å². The molecule has 0 aliphatic carbocycles. The molecule has 0 saturated heterocycles. The highest BCUT2D eigenvalue weighted by Crippen LogP contribution is 2.22. The Morgan fingerprint density at radius 3 is 2.50 bits per heavy atom. The Morgan fingerprint density at radius 2 is 1.79 bits per heavy atom. The van der Waals surface area contributed by atoms with E-state index in [4.69, 9.17) is 9.52 Å². The Kier molecular flexibility index (Phi) is 3.75. The van der Waals surface area contributed by atoms with Crippen molar-refractivity contribution in [2.45, 2.75) is 0 Å². The standard InChI is InChI=1S/C17H11NO6/c19-13-8-10(5-6-12(13)16(21)22)18-15(20)14-7-9-3-1-2-4-11(9)17(23)24-14/h1-8,19H,(H,18,20)(H,21,22). The van der Waals surface area contributed by atoms with Gasteiger partial charge in [-0.25, -0.2) is 9.59 Å². The molecule has 0 radical (unpaired) electrons. The summed E-state index contributed by atoms with van der Waals surface area (Å²) < 4.78 is 4.99. The van der Waals surface area contributed by atoms with Crippen LogP contribution in [0.3, 0.4) is 0 Å². The Hall–Kier alpha value is -3.61. The lowest BCUT2D eigenvalue weighted by molar-refractivity contribution is 0.0693. The third-order valence-electron chi connectivity index (χ3n) is 3.38. The lowest BCUT2D eigenvalue weighted by atomic mass is 10.1. The van der Waals surface area contributed by atoms with Crippen LogP contribution in [-0.4, -0.2) is 22.1 Å². The number of amides is 1. The number of carbonyl (C=O) groups is 2. The van der Waals surface area contributed by atoms with Gasteiger partial charge in [0.2, 0.25) is 0 Å². The Bertz CT molecular complexity index is 1020. The SMILES string of the molecule is O=C(Nc1ccc(C(=O)O)c(O)c1)c1cc2ccccc2c(=O)o1. The van der Waals surface area contributed by atoms with Crippen molar-refractivity contribution in [3.05, 3.63) is 70.3 Å². The summed E-state index contributed by atoms with van der Waals surface area (Å²) >= 11 is 0. The van der Waals surface area contributed by atoms with E-state index in [1.54, 1.807) is 24.3 Å². The average molecular weight is 325 g/mol. The van der Waals surface area contributed by atoms with Gasteiger partial charge in [-0.1, -0.05) is 18.2 Å². The van der Waals surface area contributed by atoms with Crippen molar-refractivity contribution in [2.24, 2.45) is 0 Å². The summed E-state index contributed by atoms with van der Waals surface area (Å²) in [6.45, 7) is 0. The average Bonchev–Trinajstić information content (AvgIpc) is 2.54. The summed E-state index contributed by atoms with van der Waals surface area (Å²) in [5, 5.41) is 21.8. The van der Waals surface area contributed by atoms with E-state index in [9.17, 15) is 19.5 Å². The number of hydrogen-bond donors (Lipinski definition) is 3. The molecule has 0 unspecified atom stereocenters. The maximum Gasteiger partial charge on any atom is 0.344 e. The Labute approximate surface area is 134 Å². The first-order valence-corrected chi connectivity index (χ1v) is 6.86. The number of carboxylic acid groups (broad SMARTS) is 1. The van der Waals surface area contributed by atoms with Gasteiger partial charge in [0.25, 0.3) is 5.91 Å². The summed E-state index contributed by atoms with van der Waals surface area (Å²) in [6, 6.07) is 11.7. The van der Waals surface area contributed by atoms with Gasteiger partial charge in [0.15, 0.2) is 5.76 Å².